The maximum absolute atomic E-state index is 12.8. The summed E-state index contributed by atoms with van der Waals surface area (Å²) in [6.07, 6.45) is 1.60. The van der Waals surface area contributed by atoms with Gasteiger partial charge in [0.1, 0.15) is 11.3 Å². The lowest BCUT2D eigenvalue weighted by atomic mass is 10.1. The second-order valence-corrected chi connectivity index (χ2v) is 6.63. The Morgan fingerprint density at radius 3 is 2.36 bits per heavy atom. The Labute approximate surface area is 162 Å². The summed E-state index contributed by atoms with van der Waals surface area (Å²) in [5, 5.41) is 11.4. The van der Waals surface area contributed by atoms with Crippen LogP contribution in [0.15, 0.2) is 66.2 Å². The van der Waals surface area contributed by atoms with Crippen LogP contribution in [0, 0.1) is 13.8 Å². The van der Waals surface area contributed by atoms with Gasteiger partial charge in [0.25, 0.3) is 11.8 Å². The van der Waals surface area contributed by atoms with Crippen LogP contribution in [0.25, 0.3) is 11.8 Å². The van der Waals surface area contributed by atoms with Crippen LogP contribution in [0.5, 0.6) is 5.75 Å². The second-order valence-electron chi connectivity index (χ2n) is 6.63. The Bertz CT molecular complexity index is 1110. The number of hydrazine groups is 1. The SMILES string of the molecule is Cc1cc(/C=C2\C(=O)NN(c3ccccc3)C2=O)c(C)n1-c1ccccc1O. The first-order chi connectivity index (χ1) is 13.5. The molecule has 0 bridgehead atoms. The molecule has 3 aromatic rings. The van der Waals surface area contributed by atoms with Crippen molar-refractivity contribution in [2.24, 2.45) is 0 Å². The number of carbonyl (C=O) groups is 2. The van der Waals surface area contributed by atoms with Crippen molar-refractivity contribution >= 4 is 23.6 Å². The van der Waals surface area contributed by atoms with Crippen molar-refractivity contribution in [1.29, 1.82) is 0 Å². The molecular formula is C22H19N3O3. The number of benzene rings is 2. The molecule has 0 radical (unpaired) electrons. The minimum atomic E-state index is -0.443. The minimum Gasteiger partial charge on any atom is -0.506 e. The van der Waals surface area contributed by atoms with Gasteiger partial charge in [-0.2, -0.15) is 0 Å². The molecule has 1 aromatic heterocycles. The van der Waals surface area contributed by atoms with E-state index in [1.807, 2.05) is 42.7 Å². The van der Waals surface area contributed by atoms with Crippen LogP contribution in [0.2, 0.25) is 0 Å². The molecule has 6 nitrogen and oxygen atoms in total. The number of aryl methyl sites for hydroxylation is 1. The zero-order valence-corrected chi connectivity index (χ0v) is 15.5. The summed E-state index contributed by atoms with van der Waals surface area (Å²) < 4.78 is 1.90. The predicted molar refractivity (Wildman–Crippen MR) is 107 cm³/mol. The van der Waals surface area contributed by atoms with E-state index in [1.165, 1.54) is 5.01 Å². The number of aromatic hydroxyl groups is 1. The second kappa shape index (κ2) is 6.74. The normalized spacial score (nSPS) is 15.4. The van der Waals surface area contributed by atoms with Gasteiger partial charge in [-0.25, -0.2) is 5.01 Å². The summed E-state index contributed by atoms with van der Waals surface area (Å²) in [6, 6.07) is 17.9. The number of hydrogen-bond donors (Lipinski definition) is 2. The molecule has 1 aliphatic heterocycles. The van der Waals surface area contributed by atoms with Crippen LogP contribution in [0.1, 0.15) is 17.0 Å². The number of phenols is 1. The van der Waals surface area contributed by atoms with Crippen LogP contribution < -0.4 is 10.4 Å². The largest absolute Gasteiger partial charge is 0.506 e. The van der Waals surface area contributed by atoms with Crippen LogP contribution in [-0.4, -0.2) is 21.5 Å². The topological polar surface area (TPSA) is 74.6 Å². The van der Waals surface area contributed by atoms with Gasteiger partial charge < -0.3 is 9.67 Å². The summed E-state index contributed by atoms with van der Waals surface area (Å²) >= 11 is 0. The van der Waals surface area contributed by atoms with Gasteiger partial charge in [-0.1, -0.05) is 30.3 Å². The molecule has 1 saturated heterocycles. The zero-order valence-electron chi connectivity index (χ0n) is 15.5. The third kappa shape index (κ3) is 2.85. The molecule has 1 aliphatic rings. The lowest BCUT2D eigenvalue weighted by molar-refractivity contribution is -0.117. The minimum absolute atomic E-state index is 0.0707. The highest BCUT2D eigenvalue weighted by molar-refractivity contribution is 6.31. The van der Waals surface area contributed by atoms with Crippen LogP contribution in [0.4, 0.5) is 5.69 Å². The lowest BCUT2D eigenvalue weighted by Gasteiger charge is -2.13. The number of phenolic OH excluding ortho intramolecular Hbond substituents is 1. The molecule has 0 unspecified atom stereocenters. The Morgan fingerprint density at radius 2 is 1.64 bits per heavy atom. The number of rotatable bonds is 3. The van der Waals surface area contributed by atoms with E-state index in [9.17, 15) is 14.7 Å². The van der Waals surface area contributed by atoms with E-state index >= 15 is 0 Å². The van der Waals surface area contributed by atoms with Crippen molar-refractivity contribution < 1.29 is 14.7 Å². The van der Waals surface area contributed by atoms with Gasteiger partial charge in [0.05, 0.1) is 11.4 Å². The van der Waals surface area contributed by atoms with Crippen molar-refractivity contribution in [2.45, 2.75) is 13.8 Å². The van der Waals surface area contributed by atoms with Crippen molar-refractivity contribution in [2.75, 3.05) is 5.01 Å². The van der Waals surface area contributed by atoms with Gasteiger partial charge in [-0.05, 0) is 55.8 Å². The van der Waals surface area contributed by atoms with E-state index in [0.717, 1.165) is 17.0 Å². The summed E-state index contributed by atoms with van der Waals surface area (Å²) in [6.45, 7) is 3.80. The Morgan fingerprint density at radius 1 is 0.964 bits per heavy atom. The molecule has 0 atom stereocenters. The standard InChI is InChI=1S/C22H19N3O3/c1-14-12-16(15(2)24(14)19-10-6-7-11-20(19)26)13-18-21(27)23-25(22(18)28)17-8-4-3-5-9-17/h3-13,26H,1-2H3,(H,23,27)/b18-13+. The van der Waals surface area contributed by atoms with E-state index < -0.39 is 11.8 Å². The maximum Gasteiger partial charge on any atom is 0.282 e. The average molecular weight is 373 g/mol. The smallest absolute Gasteiger partial charge is 0.282 e. The fourth-order valence-corrected chi connectivity index (χ4v) is 3.43. The predicted octanol–water partition coefficient (Wildman–Crippen LogP) is 3.26. The van der Waals surface area contributed by atoms with Crippen LogP contribution in [0.3, 0.4) is 0 Å². The molecular weight excluding hydrogens is 354 g/mol. The molecule has 6 heteroatoms. The molecule has 4 rings (SSSR count). The third-order valence-electron chi connectivity index (χ3n) is 4.80. The molecule has 2 N–H and O–H groups in total. The summed E-state index contributed by atoms with van der Waals surface area (Å²) in [5.74, 6) is -0.682. The van der Waals surface area contributed by atoms with Gasteiger partial charge in [0, 0.05) is 11.4 Å². The number of nitrogens with one attached hydrogen (secondary N) is 1. The van der Waals surface area contributed by atoms with Crippen molar-refractivity contribution in [3.8, 4) is 11.4 Å². The number of amides is 2. The Balaban J connectivity index is 1.74. The maximum atomic E-state index is 12.8. The van der Waals surface area contributed by atoms with Crippen LogP contribution >= 0.6 is 0 Å². The number of para-hydroxylation sites is 3. The van der Waals surface area contributed by atoms with Gasteiger partial charge in [-0.3, -0.25) is 15.0 Å². The van der Waals surface area contributed by atoms with Crippen molar-refractivity contribution in [3.05, 3.63) is 83.2 Å². The van der Waals surface area contributed by atoms with Crippen molar-refractivity contribution in [3.63, 3.8) is 0 Å². The number of nitrogens with zero attached hydrogens (tertiary/aromatic N) is 2. The van der Waals surface area contributed by atoms with Gasteiger partial charge in [0.2, 0.25) is 0 Å². The molecule has 0 aliphatic carbocycles. The van der Waals surface area contributed by atoms with E-state index in [0.29, 0.717) is 11.4 Å². The van der Waals surface area contributed by atoms with E-state index in [2.05, 4.69) is 5.43 Å². The third-order valence-corrected chi connectivity index (χ3v) is 4.80. The van der Waals surface area contributed by atoms with E-state index in [4.69, 9.17) is 0 Å². The fraction of sp³-hybridized carbons (Fsp3) is 0.0909. The summed E-state index contributed by atoms with van der Waals surface area (Å²) in [4.78, 5) is 25.2. The first-order valence-electron chi connectivity index (χ1n) is 8.87. The number of anilines is 1. The fourth-order valence-electron chi connectivity index (χ4n) is 3.43. The molecule has 2 aromatic carbocycles. The molecule has 0 saturated carbocycles. The van der Waals surface area contributed by atoms with Gasteiger partial charge in [-0.15, -0.1) is 0 Å². The van der Waals surface area contributed by atoms with Gasteiger partial charge >= 0.3 is 0 Å². The van der Waals surface area contributed by atoms with Gasteiger partial charge in [0.15, 0.2) is 0 Å². The highest BCUT2D eigenvalue weighted by Gasteiger charge is 2.34. The highest BCUT2D eigenvalue weighted by atomic mass is 16.3. The van der Waals surface area contributed by atoms with Crippen molar-refractivity contribution in [1.82, 2.24) is 9.99 Å². The molecule has 2 heterocycles. The lowest BCUT2D eigenvalue weighted by Crippen LogP contribution is -2.35. The Hall–Kier alpha value is -3.80. The Kier molecular flexibility index (Phi) is 4.24. The van der Waals surface area contributed by atoms with E-state index in [1.54, 1.807) is 42.5 Å². The van der Waals surface area contributed by atoms with E-state index in [-0.39, 0.29) is 11.3 Å². The van der Waals surface area contributed by atoms with Crippen LogP contribution in [-0.2, 0) is 9.59 Å². The zero-order chi connectivity index (χ0) is 19.8. The number of hydrogen-bond acceptors (Lipinski definition) is 3. The molecule has 140 valence electrons. The molecule has 28 heavy (non-hydrogen) atoms. The average Bonchev–Trinajstić information content (AvgIpc) is 3.13. The number of aromatic nitrogens is 1. The molecule has 0 spiro atoms. The number of carbonyl (C=O) groups excluding carboxylic acids is 2. The summed E-state index contributed by atoms with van der Waals surface area (Å²) in [7, 11) is 0. The first kappa shape index (κ1) is 17.6. The summed E-state index contributed by atoms with van der Waals surface area (Å²) in [5.41, 5.74) is 6.38. The quantitative estimate of drug-likeness (QED) is 0.547. The molecule has 1 fully saturated rings. The highest BCUT2D eigenvalue weighted by Crippen LogP contribution is 2.29. The first-order valence-corrected chi connectivity index (χ1v) is 8.87. The molecule has 2 amide bonds. The monoisotopic (exact) mass is 373 g/mol.